The van der Waals surface area contributed by atoms with Gasteiger partial charge in [-0.15, -0.1) is 10.2 Å². The molecule has 0 aliphatic rings. The molecule has 5 nitrogen and oxygen atoms in total. The van der Waals surface area contributed by atoms with Crippen molar-refractivity contribution in [1.29, 1.82) is 0 Å². The van der Waals surface area contributed by atoms with E-state index in [-0.39, 0.29) is 0 Å². The summed E-state index contributed by atoms with van der Waals surface area (Å²) < 4.78 is 6.86. The van der Waals surface area contributed by atoms with Crippen molar-refractivity contribution in [2.24, 2.45) is 5.10 Å². The molecule has 0 saturated carbocycles. The lowest BCUT2D eigenvalue weighted by molar-refractivity contribution is 0.415. The molecule has 0 saturated heterocycles. The molecule has 0 aliphatic carbocycles. The first-order chi connectivity index (χ1) is 12.6. The zero-order chi connectivity index (χ0) is 18.5. The molecule has 3 rings (SSSR count). The summed E-state index contributed by atoms with van der Waals surface area (Å²) in [5, 5.41) is 14.7. The zero-order valence-electron chi connectivity index (χ0n) is 14.2. The van der Waals surface area contributed by atoms with Crippen LogP contribution >= 0.6 is 35.0 Å². The number of ether oxygens (including phenoxy) is 1. The molecule has 0 aliphatic heterocycles. The van der Waals surface area contributed by atoms with Crippen molar-refractivity contribution >= 4 is 41.2 Å². The van der Waals surface area contributed by atoms with Crippen LogP contribution in [0.4, 0.5) is 0 Å². The second-order valence-electron chi connectivity index (χ2n) is 5.38. The van der Waals surface area contributed by atoms with Crippen molar-refractivity contribution in [2.75, 3.05) is 7.11 Å². The lowest BCUT2D eigenvalue weighted by atomic mass is 10.2. The van der Waals surface area contributed by atoms with Crippen molar-refractivity contribution in [3.63, 3.8) is 0 Å². The van der Waals surface area contributed by atoms with Gasteiger partial charge in [-0.25, -0.2) is 0 Å². The molecule has 0 bridgehead atoms. The zero-order valence-corrected chi connectivity index (χ0v) is 16.5. The topological polar surface area (TPSA) is 52.3 Å². The fraction of sp³-hybridized carbons (Fsp3) is 0.167. The molecular formula is C18H16Cl2N4OS. The quantitative estimate of drug-likeness (QED) is 0.423. The first kappa shape index (κ1) is 18.8. The Morgan fingerprint density at radius 1 is 1.15 bits per heavy atom. The number of aryl methyl sites for hydroxylation is 1. The molecule has 0 fully saturated rings. The van der Waals surface area contributed by atoms with Crippen molar-refractivity contribution < 1.29 is 4.74 Å². The Hall–Kier alpha value is -2.02. The molecule has 0 N–H and O–H groups in total. The highest BCUT2D eigenvalue weighted by molar-refractivity contribution is 7.98. The third-order valence-corrected chi connectivity index (χ3v) is 5.13. The summed E-state index contributed by atoms with van der Waals surface area (Å²) in [5.74, 6) is 2.16. The van der Waals surface area contributed by atoms with Crippen LogP contribution in [0.2, 0.25) is 10.0 Å². The molecule has 1 aromatic heterocycles. The van der Waals surface area contributed by atoms with E-state index in [0.29, 0.717) is 26.8 Å². The Kier molecular flexibility index (Phi) is 6.19. The summed E-state index contributed by atoms with van der Waals surface area (Å²) in [6, 6.07) is 13.1. The highest BCUT2D eigenvalue weighted by Crippen LogP contribution is 2.28. The minimum Gasteiger partial charge on any atom is -0.497 e. The van der Waals surface area contributed by atoms with E-state index in [1.54, 1.807) is 24.1 Å². The van der Waals surface area contributed by atoms with Crippen LogP contribution in [0.25, 0.3) is 0 Å². The Morgan fingerprint density at radius 3 is 2.62 bits per heavy atom. The van der Waals surface area contributed by atoms with E-state index in [4.69, 9.17) is 27.9 Å². The van der Waals surface area contributed by atoms with Gasteiger partial charge in [0.15, 0.2) is 5.82 Å². The number of rotatable bonds is 6. The molecule has 2 aromatic carbocycles. The Balaban J connectivity index is 1.74. The first-order valence-corrected chi connectivity index (χ1v) is 9.48. The van der Waals surface area contributed by atoms with Gasteiger partial charge in [0.05, 0.1) is 13.3 Å². The number of aromatic nitrogens is 3. The lowest BCUT2D eigenvalue weighted by Crippen LogP contribution is -1.96. The first-order valence-electron chi connectivity index (χ1n) is 7.74. The van der Waals surface area contributed by atoms with Gasteiger partial charge in [-0.3, -0.25) is 0 Å². The van der Waals surface area contributed by atoms with Crippen molar-refractivity contribution in [3.8, 4) is 5.75 Å². The van der Waals surface area contributed by atoms with Gasteiger partial charge in [0.1, 0.15) is 5.75 Å². The van der Waals surface area contributed by atoms with E-state index >= 15 is 0 Å². The van der Waals surface area contributed by atoms with Crippen molar-refractivity contribution in [1.82, 2.24) is 14.9 Å². The molecule has 8 heteroatoms. The number of methoxy groups -OCH3 is 1. The summed E-state index contributed by atoms with van der Waals surface area (Å²) in [4.78, 5) is 0. The normalized spacial score (nSPS) is 11.2. The lowest BCUT2D eigenvalue weighted by Gasteiger charge is -2.05. The maximum absolute atomic E-state index is 6.23. The predicted octanol–water partition coefficient (Wildman–Crippen LogP) is 5.08. The third-order valence-electron chi connectivity index (χ3n) is 3.58. The second kappa shape index (κ2) is 8.58. The van der Waals surface area contributed by atoms with Crippen LogP contribution in [-0.4, -0.2) is 28.2 Å². The van der Waals surface area contributed by atoms with Crippen LogP contribution in [0, 0.1) is 6.92 Å². The van der Waals surface area contributed by atoms with Gasteiger partial charge in [-0.05, 0) is 54.4 Å². The molecule has 0 unspecified atom stereocenters. The monoisotopic (exact) mass is 406 g/mol. The number of benzene rings is 2. The summed E-state index contributed by atoms with van der Waals surface area (Å²) in [5.41, 5.74) is 1.93. The molecule has 1 heterocycles. The highest BCUT2D eigenvalue weighted by atomic mass is 35.5. The minimum absolute atomic E-state index is 0.617. The number of nitrogens with zero attached hydrogens (tertiary/aromatic N) is 4. The van der Waals surface area contributed by atoms with Crippen molar-refractivity contribution in [3.05, 3.63) is 69.5 Å². The summed E-state index contributed by atoms with van der Waals surface area (Å²) >= 11 is 13.7. The fourth-order valence-electron chi connectivity index (χ4n) is 2.16. The predicted molar refractivity (Wildman–Crippen MR) is 107 cm³/mol. The second-order valence-corrected chi connectivity index (χ2v) is 7.17. The smallest absolute Gasteiger partial charge is 0.212 e. The molecular weight excluding hydrogens is 391 g/mol. The molecule has 0 radical (unpaired) electrons. The molecule has 0 amide bonds. The molecule has 134 valence electrons. The van der Waals surface area contributed by atoms with Crippen LogP contribution in [0.15, 0.2) is 52.7 Å². The number of thioether (sulfide) groups is 1. The van der Waals surface area contributed by atoms with Gasteiger partial charge < -0.3 is 4.74 Å². The van der Waals surface area contributed by atoms with Gasteiger partial charge in [-0.2, -0.15) is 9.78 Å². The van der Waals surface area contributed by atoms with E-state index in [1.165, 1.54) is 11.8 Å². The largest absolute Gasteiger partial charge is 0.497 e. The van der Waals surface area contributed by atoms with Crippen LogP contribution in [0.3, 0.4) is 0 Å². The number of halogens is 2. The molecule has 3 aromatic rings. The number of hydrogen-bond donors (Lipinski definition) is 0. The third kappa shape index (κ3) is 4.58. The van der Waals surface area contributed by atoms with Crippen LogP contribution < -0.4 is 4.74 Å². The van der Waals surface area contributed by atoms with E-state index in [9.17, 15) is 0 Å². The van der Waals surface area contributed by atoms with Gasteiger partial charge in [0.2, 0.25) is 5.16 Å². The van der Waals surface area contributed by atoms with Crippen LogP contribution in [0.1, 0.15) is 17.0 Å². The van der Waals surface area contributed by atoms with Gasteiger partial charge in [-0.1, -0.05) is 41.0 Å². The van der Waals surface area contributed by atoms with Gasteiger partial charge in [0, 0.05) is 15.8 Å². The van der Waals surface area contributed by atoms with E-state index in [1.807, 2.05) is 43.3 Å². The van der Waals surface area contributed by atoms with Crippen LogP contribution in [-0.2, 0) is 5.75 Å². The van der Waals surface area contributed by atoms with Gasteiger partial charge in [0.25, 0.3) is 0 Å². The molecule has 0 spiro atoms. The van der Waals surface area contributed by atoms with E-state index < -0.39 is 0 Å². The number of hydrogen-bond acceptors (Lipinski definition) is 5. The Bertz CT molecular complexity index is 925. The average molecular weight is 407 g/mol. The maximum atomic E-state index is 6.23. The summed E-state index contributed by atoms with van der Waals surface area (Å²) in [7, 11) is 1.64. The van der Waals surface area contributed by atoms with Crippen LogP contribution in [0.5, 0.6) is 5.75 Å². The summed E-state index contributed by atoms with van der Waals surface area (Å²) in [6.45, 7) is 1.86. The average Bonchev–Trinajstić information content (AvgIpc) is 2.99. The summed E-state index contributed by atoms with van der Waals surface area (Å²) in [6.07, 6.45) is 1.76. The molecule has 0 atom stereocenters. The standard InChI is InChI=1S/C18H16Cl2N4OS/c1-12-22-23-18(26-11-14-5-6-15(19)9-17(14)20)24(12)21-10-13-3-7-16(25-2)8-4-13/h3-10H,11H2,1-2H3/b21-10+. The van der Waals surface area contributed by atoms with Gasteiger partial charge >= 0.3 is 0 Å². The maximum Gasteiger partial charge on any atom is 0.212 e. The highest BCUT2D eigenvalue weighted by Gasteiger charge is 2.10. The van der Waals surface area contributed by atoms with Crippen molar-refractivity contribution in [2.45, 2.75) is 17.8 Å². The Labute approximate surface area is 166 Å². The minimum atomic E-state index is 0.617. The Morgan fingerprint density at radius 2 is 1.92 bits per heavy atom. The molecule has 26 heavy (non-hydrogen) atoms. The van der Waals surface area contributed by atoms with E-state index in [0.717, 1.165) is 16.9 Å². The fourth-order valence-corrected chi connectivity index (χ4v) is 3.65. The van der Waals surface area contributed by atoms with E-state index in [2.05, 4.69) is 15.3 Å². The SMILES string of the molecule is COc1ccc(/C=N/n2c(C)nnc2SCc2ccc(Cl)cc2Cl)cc1.